The number of halogens is 1. The van der Waals surface area contributed by atoms with Gasteiger partial charge in [0.2, 0.25) is 11.8 Å². The minimum absolute atomic E-state index is 0. The summed E-state index contributed by atoms with van der Waals surface area (Å²) in [7, 11) is 1.55. The maximum Gasteiger partial charge on any atom is 0.245 e. The van der Waals surface area contributed by atoms with Gasteiger partial charge in [0, 0.05) is 33.3 Å². The third kappa shape index (κ3) is 5.31. The van der Waals surface area contributed by atoms with Crippen molar-refractivity contribution in [2.45, 2.75) is 37.8 Å². The lowest BCUT2D eigenvalue weighted by Crippen LogP contribution is -2.55. The van der Waals surface area contributed by atoms with Crippen molar-refractivity contribution >= 4 is 24.2 Å². The molecule has 2 unspecified atom stereocenters. The number of nitrogens with two attached hydrogens (primary N) is 1. The zero-order chi connectivity index (χ0) is 15.9. The largest absolute Gasteiger partial charge is 0.380 e. The fourth-order valence-corrected chi connectivity index (χ4v) is 3.06. The second-order valence-corrected chi connectivity index (χ2v) is 5.83. The first-order valence-electron chi connectivity index (χ1n) is 8.06. The maximum atomic E-state index is 12.7. The second kappa shape index (κ2) is 10.1. The number of methoxy groups -OCH3 is 1. The molecule has 2 atom stereocenters. The number of morpholine rings is 1. The molecule has 23 heavy (non-hydrogen) atoms. The van der Waals surface area contributed by atoms with Gasteiger partial charge in [-0.1, -0.05) is 0 Å². The normalized spacial score (nSPS) is 23.1. The van der Waals surface area contributed by atoms with Gasteiger partial charge < -0.3 is 25.0 Å². The fraction of sp³-hybridized carbons (Fsp3) is 0.867. The number of piperidine rings is 1. The molecule has 2 amide bonds. The van der Waals surface area contributed by atoms with E-state index in [1.54, 1.807) is 12.0 Å². The van der Waals surface area contributed by atoms with Crippen LogP contribution in [-0.2, 0) is 19.1 Å². The van der Waals surface area contributed by atoms with E-state index in [0.717, 1.165) is 19.3 Å². The molecule has 2 rings (SSSR count). The number of hydrogen-bond acceptors (Lipinski definition) is 5. The smallest absolute Gasteiger partial charge is 0.245 e. The molecule has 0 saturated carbocycles. The van der Waals surface area contributed by atoms with E-state index in [0.29, 0.717) is 39.4 Å². The van der Waals surface area contributed by atoms with Crippen LogP contribution in [0.4, 0.5) is 0 Å². The molecule has 2 aliphatic heterocycles. The Hall–Kier alpha value is -0.890. The Morgan fingerprint density at radius 2 is 1.96 bits per heavy atom. The van der Waals surface area contributed by atoms with Crippen LogP contribution in [0, 0.1) is 0 Å². The van der Waals surface area contributed by atoms with Crippen molar-refractivity contribution in [2.24, 2.45) is 5.73 Å². The van der Waals surface area contributed by atoms with Gasteiger partial charge in [-0.2, -0.15) is 0 Å². The van der Waals surface area contributed by atoms with Crippen molar-refractivity contribution in [2.75, 3.05) is 46.5 Å². The Kier molecular flexibility index (Phi) is 8.83. The molecule has 2 aliphatic rings. The van der Waals surface area contributed by atoms with Gasteiger partial charge in [-0.15, -0.1) is 12.4 Å². The van der Waals surface area contributed by atoms with Gasteiger partial charge in [0.1, 0.15) is 6.04 Å². The van der Waals surface area contributed by atoms with E-state index in [1.807, 2.05) is 4.90 Å². The number of hydrogen-bond donors (Lipinski definition) is 1. The summed E-state index contributed by atoms with van der Waals surface area (Å²) < 4.78 is 10.5. The van der Waals surface area contributed by atoms with Crippen molar-refractivity contribution in [1.82, 2.24) is 9.80 Å². The van der Waals surface area contributed by atoms with Gasteiger partial charge >= 0.3 is 0 Å². The average molecular weight is 350 g/mol. The molecule has 0 aromatic heterocycles. The second-order valence-electron chi connectivity index (χ2n) is 5.83. The number of nitrogens with zero attached hydrogens (tertiary/aromatic N) is 2. The molecule has 2 fully saturated rings. The fourth-order valence-electron chi connectivity index (χ4n) is 3.06. The van der Waals surface area contributed by atoms with Crippen LogP contribution in [0.5, 0.6) is 0 Å². The molecule has 0 aromatic carbocycles. The maximum absolute atomic E-state index is 12.7. The molecule has 0 radical (unpaired) electrons. The van der Waals surface area contributed by atoms with Crippen LogP contribution in [0.2, 0.25) is 0 Å². The number of likely N-dealkylation sites (tertiary alicyclic amines) is 1. The summed E-state index contributed by atoms with van der Waals surface area (Å²) in [5.41, 5.74) is 5.59. The average Bonchev–Trinajstić information content (AvgIpc) is 2.59. The number of rotatable bonds is 5. The van der Waals surface area contributed by atoms with Crippen LogP contribution < -0.4 is 5.73 Å². The number of amides is 2. The number of carbonyl (C=O) groups is 2. The lowest BCUT2D eigenvalue weighted by atomic mass is 9.99. The van der Waals surface area contributed by atoms with Crippen molar-refractivity contribution < 1.29 is 19.1 Å². The third-order valence-corrected chi connectivity index (χ3v) is 4.43. The van der Waals surface area contributed by atoms with E-state index >= 15 is 0 Å². The third-order valence-electron chi connectivity index (χ3n) is 4.43. The molecule has 8 heteroatoms. The SMILES string of the molecule is COC(CN)CC(=O)N1CCCCC1C(=O)N1CCOCC1.Cl. The predicted octanol–water partition coefficient (Wildman–Crippen LogP) is 0.0119. The summed E-state index contributed by atoms with van der Waals surface area (Å²) in [6.07, 6.45) is 2.62. The first kappa shape index (κ1) is 20.2. The highest BCUT2D eigenvalue weighted by atomic mass is 35.5. The quantitative estimate of drug-likeness (QED) is 0.756. The summed E-state index contributed by atoms with van der Waals surface area (Å²) in [4.78, 5) is 28.8. The number of carbonyl (C=O) groups excluding carboxylic acids is 2. The first-order chi connectivity index (χ1) is 10.7. The van der Waals surface area contributed by atoms with E-state index in [9.17, 15) is 9.59 Å². The lowest BCUT2D eigenvalue weighted by molar-refractivity contribution is -0.151. The van der Waals surface area contributed by atoms with Gasteiger partial charge in [0.05, 0.1) is 25.7 Å². The highest BCUT2D eigenvalue weighted by Crippen LogP contribution is 2.21. The summed E-state index contributed by atoms with van der Waals surface area (Å²) in [6.45, 7) is 3.32. The van der Waals surface area contributed by atoms with Crippen LogP contribution in [0.15, 0.2) is 0 Å². The van der Waals surface area contributed by atoms with Crippen LogP contribution in [0.3, 0.4) is 0 Å². The summed E-state index contributed by atoms with van der Waals surface area (Å²) in [5, 5.41) is 0. The molecule has 0 aromatic rings. The molecule has 2 saturated heterocycles. The molecular formula is C15H28ClN3O4. The van der Waals surface area contributed by atoms with E-state index in [-0.39, 0.29) is 42.8 Å². The molecule has 0 bridgehead atoms. The topological polar surface area (TPSA) is 85.1 Å². The van der Waals surface area contributed by atoms with E-state index in [4.69, 9.17) is 15.2 Å². The van der Waals surface area contributed by atoms with Crippen LogP contribution in [-0.4, -0.2) is 80.3 Å². The Morgan fingerprint density at radius 3 is 2.57 bits per heavy atom. The van der Waals surface area contributed by atoms with Gasteiger partial charge in [-0.3, -0.25) is 9.59 Å². The Labute approximate surface area is 143 Å². The number of ether oxygens (including phenoxy) is 2. The van der Waals surface area contributed by atoms with Crippen LogP contribution >= 0.6 is 12.4 Å². The predicted molar refractivity (Wildman–Crippen MR) is 88.5 cm³/mol. The lowest BCUT2D eigenvalue weighted by Gasteiger charge is -2.39. The Bertz CT molecular complexity index is 387. The molecule has 134 valence electrons. The Balaban J connectivity index is 0.00000264. The monoisotopic (exact) mass is 349 g/mol. The molecule has 2 N–H and O–H groups in total. The highest BCUT2D eigenvalue weighted by Gasteiger charge is 2.35. The minimum atomic E-state index is -0.338. The molecule has 0 spiro atoms. The molecular weight excluding hydrogens is 322 g/mol. The van der Waals surface area contributed by atoms with Gasteiger partial charge in [-0.25, -0.2) is 0 Å². The van der Waals surface area contributed by atoms with E-state index < -0.39 is 0 Å². The summed E-state index contributed by atoms with van der Waals surface area (Å²) >= 11 is 0. The van der Waals surface area contributed by atoms with Gasteiger partial charge in [0.15, 0.2) is 0 Å². The van der Waals surface area contributed by atoms with Crippen molar-refractivity contribution in [1.29, 1.82) is 0 Å². The molecule has 2 heterocycles. The molecule has 7 nitrogen and oxygen atoms in total. The molecule has 0 aliphatic carbocycles. The van der Waals surface area contributed by atoms with E-state index in [2.05, 4.69) is 0 Å². The highest BCUT2D eigenvalue weighted by molar-refractivity contribution is 5.88. The zero-order valence-electron chi connectivity index (χ0n) is 13.7. The standard InChI is InChI=1S/C15H27N3O4.ClH/c1-21-12(11-16)10-14(19)18-5-3-2-4-13(18)15(20)17-6-8-22-9-7-17;/h12-13H,2-11,16H2,1H3;1H. The first-order valence-corrected chi connectivity index (χ1v) is 8.06. The zero-order valence-corrected chi connectivity index (χ0v) is 14.6. The minimum Gasteiger partial charge on any atom is -0.380 e. The summed E-state index contributed by atoms with van der Waals surface area (Å²) in [6, 6.07) is -0.338. The Morgan fingerprint density at radius 1 is 1.26 bits per heavy atom. The van der Waals surface area contributed by atoms with Gasteiger partial charge in [-0.05, 0) is 19.3 Å². The summed E-state index contributed by atoms with van der Waals surface area (Å²) in [5.74, 6) is 0.0154. The van der Waals surface area contributed by atoms with E-state index in [1.165, 1.54) is 0 Å². The van der Waals surface area contributed by atoms with Crippen LogP contribution in [0.1, 0.15) is 25.7 Å². The van der Waals surface area contributed by atoms with Crippen molar-refractivity contribution in [3.05, 3.63) is 0 Å². The van der Waals surface area contributed by atoms with Gasteiger partial charge in [0.25, 0.3) is 0 Å². The van der Waals surface area contributed by atoms with Crippen molar-refractivity contribution in [3.63, 3.8) is 0 Å². The van der Waals surface area contributed by atoms with Crippen molar-refractivity contribution in [3.8, 4) is 0 Å². The van der Waals surface area contributed by atoms with Crippen LogP contribution in [0.25, 0.3) is 0 Å².